The molecule has 1 unspecified atom stereocenters. The number of hydrogen-bond donors (Lipinski definition) is 2. The number of nitrogens with zero attached hydrogens (tertiary/aromatic N) is 1. The van der Waals surface area contributed by atoms with E-state index in [1.165, 1.54) is 6.07 Å². The summed E-state index contributed by atoms with van der Waals surface area (Å²) in [4.78, 5) is 17.4. The maximum Gasteiger partial charge on any atom is 0.387 e. The molecule has 1 aromatic carbocycles. The fourth-order valence-corrected chi connectivity index (χ4v) is 2.70. The first-order chi connectivity index (χ1) is 11.2. The minimum atomic E-state index is -2.92. The lowest BCUT2D eigenvalue weighted by molar-refractivity contribution is -0.0502. The third-order valence-corrected chi connectivity index (χ3v) is 3.90. The summed E-state index contributed by atoms with van der Waals surface area (Å²) in [6.45, 7) is -1.20. The number of carbonyl (C=O) groups is 1. The number of fused-ring (bicyclic) bond motifs is 1. The summed E-state index contributed by atoms with van der Waals surface area (Å²) in [5.74, 6) is -0.242. The van der Waals surface area contributed by atoms with Gasteiger partial charge in [0.2, 0.25) is 5.78 Å². The van der Waals surface area contributed by atoms with Crippen molar-refractivity contribution in [1.82, 2.24) is 9.88 Å². The second-order valence-corrected chi connectivity index (χ2v) is 6.45. The van der Waals surface area contributed by atoms with Gasteiger partial charge in [0, 0.05) is 42.8 Å². The largest absolute Gasteiger partial charge is 0.434 e. The summed E-state index contributed by atoms with van der Waals surface area (Å²) >= 11 is 3.18. The van der Waals surface area contributed by atoms with E-state index >= 15 is 0 Å². The van der Waals surface area contributed by atoms with Crippen LogP contribution < -0.4 is 10.5 Å². The molecule has 0 aliphatic heterocycles. The van der Waals surface area contributed by atoms with Gasteiger partial charge in [-0.05, 0) is 41.1 Å². The number of nitrogens with one attached hydrogen (secondary N) is 1. The molecule has 5 nitrogen and oxygen atoms in total. The first kappa shape index (κ1) is 18.4. The molecule has 8 heteroatoms. The number of Topliss-reactive ketones (excluding diaryl/α,β-unsaturated/α-hetero) is 1. The molecular weight excluding hydrogens is 384 g/mol. The minimum Gasteiger partial charge on any atom is -0.434 e. The van der Waals surface area contributed by atoms with Gasteiger partial charge in [-0.3, -0.25) is 4.79 Å². The lowest BCUT2D eigenvalue weighted by Crippen LogP contribution is -2.26. The molecule has 1 aromatic heterocycles. The van der Waals surface area contributed by atoms with Crippen LogP contribution >= 0.6 is 15.9 Å². The monoisotopic (exact) mass is 401 g/mol. The zero-order valence-electron chi connectivity index (χ0n) is 13.4. The molecule has 2 rings (SSSR count). The van der Waals surface area contributed by atoms with Gasteiger partial charge in [-0.2, -0.15) is 8.78 Å². The standard InChI is InChI=1S/C16H18BrF2N3O2/c1-8(20)10(7-22(2)3)15(23)13-4-9-5-14(24-16(18)19)11(17)6-12(9)21-13/h4-8,16,21H,20H2,1-3H3/b10-7+. The summed E-state index contributed by atoms with van der Waals surface area (Å²) in [6.07, 6.45) is 1.67. The van der Waals surface area contributed by atoms with Gasteiger partial charge in [-0.15, -0.1) is 0 Å². The van der Waals surface area contributed by atoms with Crippen LogP contribution in [0.15, 0.2) is 34.4 Å². The molecule has 0 fully saturated rings. The molecule has 130 valence electrons. The van der Waals surface area contributed by atoms with Crippen LogP contribution in [0.2, 0.25) is 0 Å². The summed E-state index contributed by atoms with van der Waals surface area (Å²) < 4.78 is 29.7. The van der Waals surface area contributed by atoms with Crippen molar-refractivity contribution in [3.8, 4) is 5.75 Å². The second-order valence-electron chi connectivity index (χ2n) is 5.60. The maximum absolute atomic E-state index is 12.7. The third kappa shape index (κ3) is 4.12. The SMILES string of the molecule is CC(N)/C(=C\N(C)C)C(=O)c1cc2cc(OC(F)F)c(Br)cc2[nH]1. The van der Waals surface area contributed by atoms with Gasteiger partial charge < -0.3 is 20.4 Å². The third-order valence-electron chi connectivity index (χ3n) is 3.28. The zero-order chi connectivity index (χ0) is 18.0. The first-order valence-corrected chi connectivity index (χ1v) is 7.94. The van der Waals surface area contributed by atoms with Crippen LogP contribution in [0, 0.1) is 0 Å². The average Bonchev–Trinajstić information content (AvgIpc) is 2.86. The van der Waals surface area contributed by atoms with E-state index in [1.807, 2.05) is 0 Å². The van der Waals surface area contributed by atoms with Gasteiger partial charge in [0.05, 0.1) is 10.2 Å². The van der Waals surface area contributed by atoms with E-state index in [2.05, 4.69) is 25.7 Å². The molecule has 0 saturated carbocycles. The highest BCUT2D eigenvalue weighted by atomic mass is 79.9. The van der Waals surface area contributed by atoms with Crippen molar-refractivity contribution in [3.05, 3.63) is 40.1 Å². The number of hydrogen-bond acceptors (Lipinski definition) is 4. The van der Waals surface area contributed by atoms with Gasteiger partial charge in [0.25, 0.3) is 0 Å². The molecule has 0 amide bonds. The van der Waals surface area contributed by atoms with Gasteiger partial charge in [-0.1, -0.05) is 0 Å². The lowest BCUT2D eigenvalue weighted by Gasteiger charge is -2.13. The molecule has 0 spiro atoms. The number of rotatable bonds is 6. The van der Waals surface area contributed by atoms with Crippen molar-refractivity contribution < 1.29 is 18.3 Å². The summed E-state index contributed by atoms with van der Waals surface area (Å²) in [6, 6.07) is 4.18. The van der Waals surface area contributed by atoms with Gasteiger partial charge in [-0.25, -0.2) is 0 Å². The predicted molar refractivity (Wildman–Crippen MR) is 92.4 cm³/mol. The van der Waals surface area contributed by atoms with Crippen LogP contribution in [0.3, 0.4) is 0 Å². The van der Waals surface area contributed by atoms with Crippen LogP contribution in [-0.4, -0.2) is 42.4 Å². The fraction of sp³-hybridized carbons (Fsp3) is 0.312. The molecule has 0 bridgehead atoms. The number of carbonyl (C=O) groups excluding carboxylic acids is 1. The van der Waals surface area contributed by atoms with Crippen LogP contribution in [0.1, 0.15) is 17.4 Å². The molecule has 1 heterocycles. The Morgan fingerprint density at radius 2 is 2.04 bits per heavy atom. The van der Waals surface area contributed by atoms with Crippen LogP contribution in [-0.2, 0) is 0 Å². The number of nitrogens with two attached hydrogens (primary N) is 1. The number of ether oxygens (including phenoxy) is 1. The van der Waals surface area contributed by atoms with E-state index in [4.69, 9.17) is 5.73 Å². The quantitative estimate of drug-likeness (QED) is 0.573. The van der Waals surface area contributed by atoms with Crippen molar-refractivity contribution >= 4 is 32.6 Å². The summed E-state index contributed by atoms with van der Waals surface area (Å²) in [5.41, 5.74) is 7.28. The Morgan fingerprint density at radius 3 is 2.58 bits per heavy atom. The van der Waals surface area contributed by atoms with E-state index < -0.39 is 12.7 Å². The molecule has 0 radical (unpaired) electrons. The minimum absolute atomic E-state index is 0.00625. The Balaban J connectivity index is 2.44. The van der Waals surface area contributed by atoms with Gasteiger partial charge in [0.1, 0.15) is 5.75 Å². The van der Waals surface area contributed by atoms with E-state index in [9.17, 15) is 13.6 Å². The molecular formula is C16H18BrF2N3O2. The number of halogens is 3. The molecule has 1 atom stereocenters. The van der Waals surface area contributed by atoms with Crippen molar-refractivity contribution in [3.63, 3.8) is 0 Å². The maximum atomic E-state index is 12.7. The van der Waals surface area contributed by atoms with Gasteiger partial charge >= 0.3 is 6.61 Å². The van der Waals surface area contributed by atoms with Gasteiger partial charge in [0.15, 0.2) is 0 Å². The molecule has 3 N–H and O–H groups in total. The Hall–Kier alpha value is -1.93. The highest BCUT2D eigenvalue weighted by molar-refractivity contribution is 9.10. The van der Waals surface area contributed by atoms with E-state index in [1.54, 1.807) is 44.3 Å². The molecule has 0 aliphatic carbocycles. The molecule has 0 aliphatic rings. The predicted octanol–water partition coefficient (Wildman–Crippen LogP) is 3.51. The Kier molecular flexibility index (Phi) is 5.61. The van der Waals surface area contributed by atoms with Crippen molar-refractivity contribution in [1.29, 1.82) is 0 Å². The Bertz CT molecular complexity index is 785. The van der Waals surface area contributed by atoms with Crippen molar-refractivity contribution in [2.75, 3.05) is 14.1 Å². The lowest BCUT2D eigenvalue weighted by atomic mass is 10.0. The van der Waals surface area contributed by atoms with Crippen LogP contribution in [0.4, 0.5) is 8.78 Å². The number of H-pyrrole nitrogens is 1. The molecule has 24 heavy (non-hydrogen) atoms. The number of aromatic nitrogens is 1. The van der Waals surface area contributed by atoms with E-state index in [0.29, 0.717) is 26.6 Å². The summed E-state index contributed by atoms with van der Waals surface area (Å²) in [5, 5.41) is 0.589. The zero-order valence-corrected chi connectivity index (χ0v) is 15.0. The number of alkyl halides is 2. The Morgan fingerprint density at radius 1 is 1.38 bits per heavy atom. The van der Waals surface area contributed by atoms with Crippen molar-refractivity contribution in [2.24, 2.45) is 5.73 Å². The van der Waals surface area contributed by atoms with E-state index in [0.717, 1.165) is 0 Å². The number of ketones is 1. The first-order valence-electron chi connectivity index (χ1n) is 7.14. The van der Waals surface area contributed by atoms with Crippen LogP contribution in [0.25, 0.3) is 10.9 Å². The van der Waals surface area contributed by atoms with Crippen LogP contribution in [0.5, 0.6) is 5.75 Å². The smallest absolute Gasteiger partial charge is 0.387 e. The number of aromatic amines is 1. The summed E-state index contributed by atoms with van der Waals surface area (Å²) in [7, 11) is 3.60. The highest BCUT2D eigenvalue weighted by Crippen LogP contribution is 2.32. The normalized spacial score (nSPS) is 13.4. The van der Waals surface area contributed by atoms with Crippen molar-refractivity contribution in [2.45, 2.75) is 19.6 Å². The highest BCUT2D eigenvalue weighted by Gasteiger charge is 2.19. The Labute approximate surface area is 146 Å². The van der Waals surface area contributed by atoms with E-state index in [-0.39, 0.29) is 11.5 Å². The average molecular weight is 402 g/mol. The molecule has 0 saturated heterocycles. The fourth-order valence-electron chi connectivity index (χ4n) is 2.26. The number of benzene rings is 1. The second kappa shape index (κ2) is 7.31. The topological polar surface area (TPSA) is 71.3 Å². The molecule has 2 aromatic rings.